The van der Waals surface area contributed by atoms with Gasteiger partial charge in [-0.15, -0.1) is 11.8 Å². The number of hydrogen-bond donors (Lipinski definition) is 1. The van der Waals surface area contributed by atoms with Crippen molar-refractivity contribution in [1.29, 1.82) is 0 Å². The summed E-state index contributed by atoms with van der Waals surface area (Å²) in [4.78, 5) is 38.1. The van der Waals surface area contributed by atoms with Gasteiger partial charge in [-0.2, -0.15) is 0 Å². The Morgan fingerprint density at radius 3 is 2.52 bits per heavy atom. The summed E-state index contributed by atoms with van der Waals surface area (Å²) in [5, 5.41) is 2.25. The molecule has 25 heavy (non-hydrogen) atoms. The quantitative estimate of drug-likeness (QED) is 0.838. The van der Waals surface area contributed by atoms with E-state index in [1.165, 1.54) is 16.7 Å². The number of carbonyl (C=O) groups excluding carboxylic acids is 3. The van der Waals surface area contributed by atoms with Gasteiger partial charge in [0.1, 0.15) is 0 Å². The zero-order chi connectivity index (χ0) is 17.8. The fourth-order valence-corrected chi connectivity index (χ4v) is 3.63. The van der Waals surface area contributed by atoms with E-state index in [1.54, 1.807) is 24.3 Å². The van der Waals surface area contributed by atoms with Crippen molar-refractivity contribution in [2.24, 2.45) is 0 Å². The van der Waals surface area contributed by atoms with Crippen molar-refractivity contribution < 1.29 is 14.4 Å². The van der Waals surface area contributed by atoms with Crippen LogP contribution in [-0.2, 0) is 14.4 Å². The normalized spacial score (nSPS) is 17.0. The Balaban J connectivity index is 1.61. The maximum absolute atomic E-state index is 12.6. The zero-order valence-corrected chi connectivity index (χ0v) is 14.6. The Labute approximate surface area is 150 Å². The van der Waals surface area contributed by atoms with Gasteiger partial charge in [0.25, 0.3) is 0 Å². The largest absolute Gasteiger partial charge is 0.325 e. The van der Waals surface area contributed by atoms with Crippen LogP contribution in [0.5, 0.6) is 0 Å². The molecule has 3 amide bonds. The number of rotatable bonds is 5. The molecule has 1 atom stereocenters. The lowest BCUT2D eigenvalue weighted by Gasteiger charge is -2.17. The van der Waals surface area contributed by atoms with Gasteiger partial charge in [0, 0.05) is 12.1 Å². The van der Waals surface area contributed by atoms with Crippen molar-refractivity contribution >= 4 is 40.9 Å². The predicted octanol–water partition coefficient (Wildman–Crippen LogP) is 3.00. The summed E-state index contributed by atoms with van der Waals surface area (Å²) in [5.74, 6) is -0.539. The second-order valence-corrected chi connectivity index (χ2v) is 6.96. The molecule has 1 fully saturated rings. The van der Waals surface area contributed by atoms with Crippen LogP contribution in [0.2, 0.25) is 0 Å². The average molecular weight is 354 g/mol. The van der Waals surface area contributed by atoms with Crippen molar-refractivity contribution in [3.05, 3.63) is 60.2 Å². The van der Waals surface area contributed by atoms with Crippen LogP contribution in [0.4, 0.5) is 11.4 Å². The summed E-state index contributed by atoms with van der Waals surface area (Å²) in [7, 11) is 0. The Bertz CT molecular complexity index is 807. The second-order valence-electron chi connectivity index (χ2n) is 5.77. The summed E-state index contributed by atoms with van der Waals surface area (Å²) in [6, 6.07) is 16.4. The number of amides is 3. The SMILES string of the molecule is Cc1ccccc1N1C(=O)C[C@H](SCC(=O)Nc2ccccc2)C1=O. The van der Waals surface area contributed by atoms with Crippen molar-refractivity contribution in [2.45, 2.75) is 18.6 Å². The molecule has 2 aromatic rings. The number of thioether (sulfide) groups is 1. The zero-order valence-electron chi connectivity index (χ0n) is 13.8. The van der Waals surface area contributed by atoms with Crippen LogP contribution in [0, 0.1) is 6.92 Å². The summed E-state index contributed by atoms with van der Waals surface area (Å²) in [6.45, 7) is 1.86. The molecule has 0 radical (unpaired) electrons. The minimum atomic E-state index is -0.520. The molecule has 1 N–H and O–H groups in total. The van der Waals surface area contributed by atoms with Crippen LogP contribution < -0.4 is 10.2 Å². The maximum Gasteiger partial charge on any atom is 0.247 e. The summed E-state index contributed by atoms with van der Waals surface area (Å²) < 4.78 is 0. The van der Waals surface area contributed by atoms with Crippen LogP contribution in [0.1, 0.15) is 12.0 Å². The van der Waals surface area contributed by atoms with E-state index >= 15 is 0 Å². The highest BCUT2D eigenvalue weighted by Gasteiger charge is 2.40. The first-order chi connectivity index (χ1) is 12.1. The van der Waals surface area contributed by atoms with Gasteiger partial charge < -0.3 is 5.32 Å². The first-order valence-electron chi connectivity index (χ1n) is 7.95. The molecule has 1 heterocycles. The fraction of sp³-hybridized carbons (Fsp3) is 0.211. The topological polar surface area (TPSA) is 66.5 Å². The van der Waals surface area contributed by atoms with Gasteiger partial charge in [-0.1, -0.05) is 36.4 Å². The molecule has 0 aliphatic carbocycles. The minimum absolute atomic E-state index is 0.121. The highest BCUT2D eigenvalue weighted by molar-refractivity contribution is 8.01. The molecule has 0 saturated carbocycles. The molecular formula is C19H18N2O3S. The Hall–Kier alpha value is -2.60. The van der Waals surface area contributed by atoms with Crippen LogP contribution in [0.3, 0.4) is 0 Å². The van der Waals surface area contributed by atoms with Crippen LogP contribution in [0.25, 0.3) is 0 Å². The van der Waals surface area contributed by atoms with Crippen molar-refractivity contribution in [3.8, 4) is 0 Å². The summed E-state index contributed by atoms with van der Waals surface area (Å²) >= 11 is 1.20. The van der Waals surface area contributed by atoms with Gasteiger partial charge in [-0.25, -0.2) is 4.90 Å². The van der Waals surface area contributed by atoms with Gasteiger partial charge >= 0.3 is 0 Å². The number of para-hydroxylation sites is 2. The van der Waals surface area contributed by atoms with Crippen molar-refractivity contribution in [3.63, 3.8) is 0 Å². The van der Waals surface area contributed by atoms with Crippen LogP contribution >= 0.6 is 11.8 Å². The lowest BCUT2D eigenvalue weighted by molar-refractivity contribution is -0.121. The third-order valence-electron chi connectivity index (χ3n) is 3.93. The second kappa shape index (κ2) is 7.53. The lowest BCUT2D eigenvalue weighted by atomic mass is 10.2. The van der Waals surface area contributed by atoms with Gasteiger partial charge in [-0.3, -0.25) is 14.4 Å². The Morgan fingerprint density at radius 1 is 1.12 bits per heavy atom. The monoisotopic (exact) mass is 354 g/mol. The maximum atomic E-state index is 12.6. The van der Waals surface area contributed by atoms with E-state index in [9.17, 15) is 14.4 Å². The molecule has 6 heteroatoms. The minimum Gasteiger partial charge on any atom is -0.325 e. The molecule has 2 aromatic carbocycles. The molecule has 128 valence electrons. The van der Waals surface area contributed by atoms with Gasteiger partial charge in [0.15, 0.2) is 0 Å². The number of hydrogen-bond acceptors (Lipinski definition) is 4. The van der Waals surface area contributed by atoms with Crippen LogP contribution in [-0.4, -0.2) is 28.7 Å². The van der Waals surface area contributed by atoms with E-state index in [2.05, 4.69) is 5.32 Å². The number of aryl methyl sites for hydroxylation is 1. The summed E-state index contributed by atoms with van der Waals surface area (Å²) in [6.07, 6.45) is 0.121. The molecule has 1 aliphatic rings. The average Bonchev–Trinajstić information content (AvgIpc) is 2.88. The highest BCUT2D eigenvalue weighted by atomic mass is 32.2. The van der Waals surface area contributed by atoms with Crippen molar-refractivity contribution in [1.82, 2.24) is 0 Å². The molecule has 0 bridgehead atoms. The standard InChI is InChI=1S/C19H18N2O3S/c1-13-7-5-6-10-15(13)21-18(23)11-16(19(21)24)25-12-17(22)20-14-8-3-2-4-9-14/h2-10,16H,11-12H2,1H3,(H,20,22)/t16-/m0/s1. The smallest absolute Gasteiger partial charge is 0.247 e. The number of benzene rings is 2. The van der Waals surface area contributed by atoms with E-state index in [0.717, 1.165) is 5.56 Å². The van der Waals surface area contributed by atoms with E-state index in [1.807, 2.05) is 37.3 Å². The predicted molar refractivity (Wildman–Crippen MR) is 99.6 cm³/mol. The van der Waals surface area contributed by atoms with Crippen LogP contribution in [0.15, 0.2) is 54.6 Å². The number of imide groups is 1. The van der Waals surface area contributed by atoms with Gasteiger partial charge in [0.05, 0.1) is 16.7 Å². The first kappa shape index (κ1) is 17.2. The van der Waals surface area contributed by atoms with Gasteiger partial charge in [-0.05, 0) is 30.7 Å². The number of nitrogens with one attached hydrogen (secondary N) is 1. The fourth-order valence-electron chi connectivity index (χ4n) is 2.70. The highest BCUT2D eigenvalue weighted by Crippen LogP contribution is 2.31. The molecule has 3 rings (SSSR count). The molecular weight excluding hydrogens is 336 g/mol. The molecule has 1 aliphatic heterocycles. The van der Waals surface area contributed by atoms with E-state index < -0.39 is 5.25 Å². The molecule has 0 aromatic heterocycles. The number of anilines is 2. The third kappa shape index (κ3) is 3.91. The molecule has 1 saturated heterocycles. The first-order valence-corrected chi connectivity index (χ1v) is 9.00. The third-order valence-corrected chi connectivity index (χ3v) is 5.13. The Morgan fingerprint density at radius 2 is 1.80 bits per heavy atom. The Kier molecular flexibility index (Phi) is 5.19. The molecule has 5 nitrogen and oxygen atoms in total. The number of nitrogens with zero attached hydrogens (tertiary/aromatic N) is 1. The molecule has 0 unspecified atom stereocenters. The molecule has 0 spiro atoms. The van der Waals surface area contributed by atoms with E-state index in [0.29, 0.717) is 11.4 Å². The summed E-state index contributed by atoms with van der Waals surface area (Å²) in [5.41, 5.74) is 2.20. The van der Waals surface area contributed by atoms with E-state index in [4.69, 9.17) is 0 Å². The van der Waals surface area contributed by atoms with Crippen molar-refractivity contribution in [2.75, 3.05) is 16.0 Å². The lowest BCUT2D eigenvalue weighted by Crippen LogP contribution is -2.32. The van der Waals surface area contributed by atoms with E-state index in [-0.39, 0.29) is 29.9 Å². The number of carbonyl (C=O) groups is 3. The van der Waals surface area contributed by atoms with Gasteiger partial charge in [0.2, 0.25) is 17.7 Å².